The number of hydrogen-bond acceptors (Lipinski definition) is 6. The molecule has 0 fully saturated rings. The second-order valence-electron chi connectivity index (χ2n) is 3.88. The van der Waals surface area contributed by atoms with Crippen LogP contribution in [0.4, 0.5) is 0 Å². The van der Waals surface area contributed by atoms with E-state index in [1.165, 1.54) is 0 Å². The van der Waals surface area contributed by atoms with Crippen molar-refractivity contribution in [2.75, 3.05) is 40.5 Å². The van der Waals surface area contributed by atoms with E-state index in [1.54, 1.807) is 4.90 Å². The second-order valence-corrected chi connectivity index (χ2v) is 4.80. The Morgan fingerprint density at radius 2 is 1.16 bits per heavy atom. The van der Waals surface area contributed by atoms with Gasteiger partial charge < -0.3 is 0 Å². The summed E-state index contributed by atoms with van der Waals surface area (Å²) in [5.74, 6) is -2.59. The van der Waals surface area contributed by atoms with Crippen LogP contribution in [0.3, 0.4) is 0 Å². The average molecular weight is 469 g/mol. The maximum atomic E-state index is 5.83. The van der Waals surface area contributed by atoms with Gasteiger partial charge in [0, 0.05) is 0 Å². The summed E-state index contributed by atoms with van der Waals surface area (Å²) in [5, 5.41) is 0. The Hall–Kier alpha value is 0.682. The van der Waals surface area contributed by atoms with Gasteiger partial charge in [-0.15, -0.1) is 0 Å². The first-order chi connectivity index (χ1) is 9.00. The molecule has 0 aromatic rings. The summed E-state index contributed by atoms with van der Waals surface area (Å²) < 4.78 is 28.9. The molecule has 112 valence electrons. The van der Waals surface area contributed by atoms with Crippen LogP contribution < -0.4 is 0 Å². The maximum absolute atomic E-state index is 5.83. The van der Waals surface area contributed by atoms with Crippen LogP contribution in [0.15, 0.2) is 0 Å². The van der Waals surface area contributed by atoms with Crippen molar-refractivity contribution in [3.8, 4) is 0 Å². The molecule has 0 amide bonds. The normalized spacial score (nSPS) is 15.7. The molecule has 0 aliphatic heterocycles. The van der Waals surface area contributed by atoms with Crippen LogP contribution in [-0.4, -0.2) is 83.5 Å². The van der Waals surface area contributed by atoms with Crippen molar-refractivity contribution >= 4 is 26.2 Å². The molecule has 0 aromatic carbocycles. The van der Waals surface area contributed by atoms with E-state index in [0.717, 1.165) is 0 Å². The monoisotopic (exact) mass is 469 g/mol. The predicted molar refractivity (Wildman–Crippen MR) is 72.5 cm³/mol. The Morgan fingerprint density at radius 3 is 1.37 bits per heavy atom. The molecule has 6 nitrogen and oxygen atoms in total. The molecule has 0 saturated heterocycles. The van der Waals surface area contributed by atoms with Crippen LogP contribution in [0.2, 0.25) is 0 Å². The van der Waals surface area contributed by atoms with Crippen LogP contribution in [-0.2, 0) is 21.6 Å². The van der Waals surface area contributed by atoms with Gasteiger partial charge in [0.15, 0.2) is 0 Å². The van der Waals surface area contributed by atoms with Crippen LogP contribution in [0.1, 0.15) is 27.7 Å². The molecule has 0 radical (unpaired) electrons. The minimum atomic E-state index is -1.39. The summed E-state index contributed by atoms with van der Waals surface area (Å²) >= 11 is 0.236. The number of hydrogen-bond donors (Lipinski definition) is 0. The van der Waals surface area contributed by atoms with E-state index in [4.69, 9.17) is 21.6 Å². The van der Waals surface area contributed by atoms with Crippen molar-refractivity contribution in [2.45, 2.75) is 39.6 Å². The van der Waals surface area contributed by atoms with Crippen molar-refractivity contribution < 1.29 is 21.6 Å². The molecule has 0 spiro atoms. The fourth-order valence-corrected chi connectivity index (χ4v) is 3.51. The summed E-state index contributed by atoms with van der Waals surface area (Å²) in [4.78, 5) is 1.79. The van der Waals surface area contributed by atoms with Gasteiger partial charge in [-0.05, 0) is 0 Å². The van der Waals surface area contributed by atoms with Gasteiger partial charge >= 0.3 is 133 Å². The number of rotatable bonds is 11. The molecule has 0 saturated carbocycles. The van der Waals surface area contributed by atoms with Crippen molar-refractivity contribution in [1.29, 1.82) is 0 Å². The van der Waals surface area contributed by atoms with Gasteiger partial charge in [0.25, 0.3) is 0 Å². The molecule has 19 heavy (non-hydrogen) atoms. The van der Waals surface area contributed by atoms with E-state index in [9.17, 15) is 0 Å². The van der Waals surface area contributed by atoms with Crippen molar-refractivity contribution in [3.63, 3.8) is 0 Å². The molecule has 0 heterocycles. The molecule has 0 N–H and O–H groups in total. The molecule has 0 rings (SSSR count). The van der Waals surface area contributed by atoms with E-state index in [1.807, 2.05) is 41.8 Å². The van der Waals surface area contributed by atoms with Gasteiger partial charge in [0.2, 0.25) is 0 Å². The van der Waals surface area contributed by atoms with Crippen LogP contribution in [0.5, 0.6) is 0 Å². The third kappa shape index (κ3) is 4.32. The van der Waals surface area contributed by atoms with Gasteiger partial charge in [-0.3, -0.25) is 0 Å². The van der Waals surface area contributed by atoms with Crippen molar-refractivity contribution in [3.05, 3.63) is 0 Å². The number of nitrogens with zero attached hydrogens (tertiary/aromatic N) is 1. The van der Waals surface area contributed by atoms with Crippen molar-refractivity contribution in [1.82, 2.24) is 4.90 Å². The topological polar surface area (TPSA) is 49.4 Å². The molecular weight excluding hydrogens is 443 g/mol. The second kappa shape index (κ2) is 9.59. The molecule has 7 heteroatoms. The Balaban J connectivity index is 5.65. The first-order valence-corrected chi connectivity index (χ1v) is 8.44. The van der Waals surface area contributed by atoms with Crippen LogP contribution in [0, 0.1) is 0 Å². The fraction of sp³-hybridized carbons (Fsp3) is 1.00. The van der Waals surface area contributed by atoms with Crippen LogP contribution in [0.25, 0.3) is 0 Å². The van der Waals surface area contributed by atoms with Crippen molar-refractivity contribution in [2.24, 2.45) is 0 Å². The van der Waals surface area contributed by atoms with Crippen LogP contribution >= 0.6 is 0 Å². The van der Waals surface area contributed by atoms with E-state index >= 15 is 0 Å². The molecule has 1 atom stereocenters. The summed E-state index contributed by atoms with van der Waals surface area (Å²) in [6.45, 7) is 9.29. The minimum absolute atomic E-state index is 0.236. The number of likely N-dealkylation sites (N-methyl/N-ethyl adjacent to an activating group) is 1. The fourth-order valence-electron chi connectivity index (χ4n) is 1.87. The molecule has 0 bridgehead atoms. The van der Waals surface area contributed by atoms with E-state index in [2.05, 4.69) is 0 Å². The first kappa shape index (κ1) is 19.7. The molecule has 0 aliphatic rings. The zero-order valence-electron chi connectivity index (χ0n) is 12.9. The quantitative estimate of drug-likeness (QED) is 0.334. The third-order valence-corrected chi connectivity index (χ3v) is 3.72. The summed E-state index contributed by atoms with van der Waals surface area (Å²) in [7, 11) is 3.70. The van der Waals surface area contributed by atoms with Gasteiger partial charge in [-0.1, -0.05) is 0 Å². The van der Waals surface area contributed by atoms with Gasteiger partial charge in [-0.2, -0.15) is 0 Å². The Morgan fingerprint density at radius 1 is 0.789 bits per heavy atom. The Labute approximate surface area is 133 Å². The Bertz CT molecular complexity index is 225. The van der Waals surface area contributed by atoms with E-state index < -0.39 is 11.9 Å². The zero-order chi connectivity index (χ0) is 14.9. The molecule has 0 aliphatic carbocycles. The average Bonchev–Trinajstić information content (AvgIpc) is 2.36. The van der Waals surface area contributed by atoms with Gasteiger partial charge in [0.05, 0.1) is 0 Å². The number of ether oxygens (including phenoxy) is 4. The Kier molecular flexibility index (Phi) is 9.93. The standard InChI is InChI=1S/C12H26NO5.Tl/c1-7-15-11(14,13(5)6)12(16-8-2,17-9-3)18-10-4;/h7-10H2,1-6H3;/q-1;+1. The van der Waals surface area contributed by atoms with Gasteiger partial charge in [-0.25, -0.2) is 0 Å². The van der Waals surface area contributed by atoms with E-state index in [-0.39, 0.29) is 26.2 Å². The van der Waals surface area contributed by atoms with E-state index in [0.29, 0.717) is 26.4 Å². The first-order valence-electron chi connectivity index (χ1n) is 6.61. The molecular formula is C12H26NO5Tl. The summed E-state index contributed by atoms with van der Waals surface area (Å²) in [6, 6.07) is 0. The van der Waals surface area contributed by atoms with Gasteiger partial charge in [0.1, 0.15) is 0 Å². The molecule has 1 unspecified atom stereocenters. The zero-order valence-corrected chi connectivity index (χ0v) is 17.4. The summed E-state index contributed by atoms with van der Waals surface area (Å²) in [5.41, 5.74) is 0. The predicted octanol–water partition coefficient (Wildman–Crippen LogP) is 1.10. The molecule has 0 aromatic heterocycles. The summed E-state index contributed by atoms with van der Waals surface area (Å²) in [6.07, 6.45) is 0. The third-order valence-electron chi connectivity index (χ3n) is 2.48. The SMILES string of the molecule is CCOC(OCC)(OCC)C([O][Tl])(OCC)N(C)C.